The molecule has 0 saturated carbocycles. The number of nitrogens with two attached hydrogens (primary N) is 1. The maximum Gasteiger partial charge on any atom is 0.234 e. The third-order valence-electron chi connectivity index (χ3n) is 3.43. The van der Waals surface area contributed by atoms with Crippen molar-refractivity contribution in [2.24, 2.45) is 5.73 Å². The monoisotopic (exact) mass is 252 g/mol. The molecule has 1 aromatic rings. The van der Waals surface area contributed by atoms with E-state index in [1.807, 2.05) is 19.9 Å². The first kappa shape index (κ1) is 13.0. The molecule has 2 rings (SSSR count). The highest BCUT2D eigenvalue weighted by molar-refractivity contribution is 5.79. The quantitative estimate of drug-likeness (QED) is 0.814. The fourth-order valence-corrected chi connectivity index (χ4v) is 2.21. The summed E-state index contributed by atoms with van der Waals surface area (Å²) in [7, 11) is 0. The summed E-state index contributed by atoms with van der Waals surface area (Å²) in [4.78, 5) is 15.5. The summed E-state index contributed by atoms with van der Waals surface area (Å²) in [5, 5.41) is 3.99. The summed E-state index contributed by atoms with van der Waals surface area (Å²) in [6, 6.07) is 1.78. The van der Waals surface area contributed by atoms with Crippen molar-refractivity contribution in [1.82, 2.24) is 15.0 Å². The summed E-state index contributed by atoms with van der Waals surface area (Å²) < 4.78 is 5.05. The van der Waals surface area contributed by atoms with E-state index in [2.05, 4.69) is 15.0 Å². The molecule has 0 aliphatic carbocycles. The van der Waals surface area contributed by atoms with Crippen LogP contribution < -0.4 is 5.73 Å². The SMILES string of the molecule is Cc1cc(CN2CCN(C(C)C(N)=O)CC2)no1. The molecule has 6 nitrogen and oxygen atoms in total. The van der Waals surface area contributed by atoms with Gasteiger partial charge in [-0.3, -0.25) is 14.6 Å². The van der Waals surface area contributed by atoms with Crippen LogP contribution in [-0.4, -0.2) is 53.1 Å². The van der Waals surface area contributed by atoms with Crippen molar-refractivity contribution in [2.45, 2.75) is 26.4 Å². The van der Waals surface area contributed by atoms with Gasteiger partial charge in [0.15, 0.2) is 0 Å². The van der Waals surface area contributed by atoms with Crippen LogP contribution in [0.25, 0.3) is 0 Å². The van der Waals surface area contributed by atoms with Gasteiger partial charge in [-0.15, -0.1) is 0 Å². The van der Waals surface area contributed by atoms with Gasteiger partial charge in [0.2, 0.25) is 5.91 Å². The van der Waals surface area contributed by atoms with Crippen molar-refractivity contribution in [3.63, 3.8) is 0 Å². The number of rotatable bonds is 4. The smallest absolute Gasteiger partial charge is 0.234 e. The molecule has 1 saturated heterocycles. The lowest BCUT2D eigenvalue weighted by atomic mass is 10.2. The van der Waals surface area contributed by atoms with Crippen molar-refractivity contribution < 1.29 is 9.32 Å². The molecule has 0 aromatic carbocycles. The molecular formula is C12H20N4O2. The minimum absolute atomic E-state index is 0.179. The van der Waals surface area contributed by atoms with E-state index in [0.717, 1.165) is 44.2 Å². The van der Waals surface area contributed by atoms with E-state index in [1.54, 1.807) is 0 Å². The minimum Gasteiger partial charge on any atom is -0.368 e. The fourth-order valence-electron chi connectivity index (χ4n) is 2.21. The van der Waals surface area contributed by atoms with Gasteiger partial charge in [-0.1, -0.05) is 5.16 Å². The van der Waals surface area contributed by atoms with E-state index in [4.69, 9.17) is 10.3 Å². The van der Waals surface area contributed by atoms with Crippen LogP contribution in [0.5, 0.6) is 0 Å². The van der Waals surface area contributed by atoms with Gasteiger partial charge in [0.1, 0.15) is 5.76 Å². The van der Waals surface area contributed by atoms with Crippen LogP contribution in [0.4, 0.5) is 0 Å². The number of hydrogen-bond acceptors (Lipinski definition) is 5. The van der Waals surface area contributed by atoms with Gasteiger partial charge >= 0.3 is 0 Å². The Bertz CT molecular complexity index is 410. The largest absolute Gasteiger partial charge is 0.368 e. The van der Waals surface area contributed by atoms with E-state index in [0.29, 0.717) is 0 Å². The molecule has 100 valence electrons. The third kappa shape index (κ3) is 3.08. The van der Waals surface area contributed by atoms with Crippen LogP contribution >= 0.6 is 0 Å². The van der Waals surface area contributed by atoms with Crippen molar-refractivity contribution in [3.05, 3.63) is 17.5 Å². The second kappa shape index (κ2) is 5.49. The van der Waals surface area contributed by atoms with E-state index in [1.165, 1.54) is 0 Å². The van der Waals surface area contributed by atoms with E-state index < -0.39 is 0 Å². The Kier molecular flexibility index (Phi) is 3.98. The number of hydrogen-bond donors (Lipinski definition) is 1. The van der Waals surface area contributed by atoms with Crippen molar-refractivity contribution in [2.75, 3.05) is 26.2 Å². The molecule has 0 bridgehead atoms. The van der Waals surface area contributed by atoms with Gasteiger partial charge in [0.05, 0.1) is 11.7 Å². The van der Waals surface area contributed by atoms with Crippen molar-refractivity contribution in [3.8, 4) is 0 Å². The Balaban J connectivity index is 1.81. The summed E-state index contributed by atoms with van der Waals surface area (Å²) >= 11 is 0. The zero-order valence-corrected chi connectivity index (χ0v) is 10.9. The van der Waals surface area contributed by atoms with Gasteiger partial charge < -0.3 is 10.3 Å². The lowest BCUT2D eigenvalue weighted by Crippen LogP contribution is -2.52. The van der Waals surface area contributed by atoms with Gasteiger partial charge in [0, 0.05) is 38.8 Å². The molecule has 1 unspecified atom stereocenters. The van der Waals surface area contributed by atoms with Crippen LogP contribution in [-0.2, 0) is 11.3 Å². The molecule has 1 aliphatic heterocycles. The van der Waals surface area contributed by atoms with E-state index >= 15 is 0 Å². The summed E-state index contributed by atoms with van der Waals surface area (Å²) in [5.41, 5.74) is 6.27. The third-order valence-corrected chi connectivity index (χ3v) is 3.43. The normalized spacial score (nSPS) is 19.9. The maximum absolute atomic E-state index is 11.1. The zero-order chi connectivity index (χ0) is 13.1. The number of carbonyl (C=O) groups is 1. The first-order valence-electron chi connectivity index (χ1n) is 6.24. The predicted octanol–water partition coefficient (Wildman–Crippen LogP) is -0.0256. The Hall–Kier alpha value is -1.40. The Morgan fingerprint density at radius 3 is 2.67 bits per heavy atom. The predicted molar refractivity (Wildman–Crippen MR) is 66.7 cm³/mol. The number of aryl methyl sites for hydroxylation is 1. The number of primary amides is 1. The molecule has 1 atom stereocenters. The Labute approximate surface area is 107 Å². The fraction of sp³-hybridized carbons (Fsp3) is 0.667. The highest BCUT2D eigenvalue weighted by Gasteiger charge is 2.24. The topological polar surface area (TPSA) is 75.6 Å². The first-order valence-corrected chi connectivity index (χ1v) is 6.24. The number of aromatic nitrogens is 1. The van der Waals surface area contributed by atoms with Crippen LogP contribution in [0.1, 0.15) is 18.4 Å². The molecule has 2 N–H and O–H groups in total. The second-order valence-corrected chi connectivity index (χ2v) is 4.82. The molecule has 1 aliphatic rings. The molecular weight excluding hydrogens is 232 g/mol. The standard InChI is InChI=1S/C12H20N4O2/c1-9-7-11(14-18-9)8-15-3-5-16(6-4-15)10(2)12(13)17/h7,10H,3-6,8H2,1-2H3,(H2,13,17). The number of piperazine rings is 1. The van der Waals surface area contributed by atoms with Crippen LogP contribution in [0, 0.1) is 6.92 Å². The number of nitrogens with zero attached hydrogens (tertiary/aromatic N) is 3. The number of amides is 1. The van der Waals surface area contributed by atoms with Crippen LogP contribution in [0.3, 0.4) is 0 Å². The molecule has 18 heavy (non-hydrogen) atoms. The second-order valence-electron chi connectivity index (χ2n) is 4.82. The molecule has 1 amide bonds. The van der Waals surface area contributed by atoms with Crippen LogP contribution in [0.2, 0.25) is 0 Å². The van der Waals surface area contributed by atoms with Crippen molar-refractivity contribution in [1.29, 1.82) is 0 Å². The Morgan fingerprint density at radius 2 is 2.17 bits per heavy atom. The highest BCUT2D eigenvalue weighted by atomic mass is 16.5. The Morgan fingerprint density at radius 1 is 1.50 bits per heavy atom. The van der Waals surface area contributed by atoms with Crippen LogP contribution in [0.15, 0.2) is 10.6 Å². The summed E-state index contributed by atoms with van der Waals surface area (Å²) in [6.07, 6.45) is 0. The molecule has 0 radical (unpaired) electrons. The highest BCUT2D eigenvalue weighted by Crippen LogP contribution is 2.10. The average molecular weight is 252 g/mol. The average Bonchev–Trinajstić information content (AvgIpc) is 2.75. The maximum atomic E-state index is 11.1. The van der Waals surface area contributed by atoms with Crippen molar-refractivity contribution >= 4 is 5.91 Å². The van der Waals surface area contributed by atoms with Gasteiger partial charge in [0.25, 0.3) is 0 Å². The zero-order valence-electron chi connectivity index (χ0n) is 10.9. The lowest BCUT2D eigenvalue weighted by Gasteiger charge is -2.36. The van der Waals surface area contributed by atoms with Gasteiger partial charge in [-0.05, 0) is 13.8 Å². The van der Waals surface area contributed by atoms with E-state index in [9.17, 15) is 4.79 Å². The number of carbonyl (C=O) groups excluding carboxylic acids is 1. The molecule has 0 spiro atoms. The van der Waals surface area contributed by atoms with Gasteiger partial charge in [-0.2, -0.15) is 0 Å². The minimum atomic E-state index is -0.254. The summed E-state index contributed by atoms with van der Waals surface area (Å²) in [5.74, 6) is 0.585. The van der Waals surface area contributed by atoms with Gasteiger partial charge in [-0.25, -0.2) is 0 Å². The van der Waals surface area contributed by atoms with E-state index in [-0.39, 0.29) is 11.9 Å². The molecule has 6 heteroatoms. The summed E-state index contributed by atoms with van der Waals surface area (Å²) in [6.45, 7) is 8.12. The lowest BCUT2D eigenvalue weighted by molar-refractivity contribution is -0.123. The molecule has 1 aromatic heterocycles. The molecule has 1 fully saturated rings. The molecule has 2 heterocycles. The first-order chi connectivity index (χ1) is 8.56.